The number of hydrogen-bond donors (Lipinski definition) is 5. The van der Waals surface area contributed by atoms with Gasteiger partial charge in [0.25, 0.3) is 5.91 Å². The van der Waals surface area contributed by atoms with Gasteiger partial charge in [-0.1, -0.05) is 45.9 Å². The average Bonchev–Trinajstić information content (AvgIpc) is 2.97. The summed E-state index contributed by atoms with van der Waals surface area (Å²) in [5.41, 5.74) is 2.12. The van der Waals surface area contributed by atoms with E-state index in [-0.39, 0.29) is 18.3 Å². The Kier molecular flexibility index (Phi) is 15.2. The summed E-state index contributed by atoms with van der Waals surface area (Å²) in [6.45, 7) is 9.02. The van der Waals surface area contributed by atoms with Gasteiger partial charge in [0.2, 0.25) is 5.91 Å². The number of aryl methyl sites for hydroxylation is 1. The first kappa shape index (κ1) is 36.9. The summed E-state index contributed by atoms with van der Waals surface area (Å²) in [5, 5.41) is 19.9. The smallest absolute Gasteiger partial charge is 0.329 e. The van der Waals surface area contributed by atoms with Crippen LogP contribution in [0.2, 0.25) is 0 Å². The average molecular weight is 645 g/mol. The summed E-state index contributed by atoms with van der Waals surface area (Å²) in [6.07, 6.45) is 0.945. The summed E-state index contributed by atoms with van der Waals surface area (Å²) in [7, 11) is 0. The number of ether oxygens (including phenoxy) is 2. The van der Waals surface area contributed by atoms with Gasteiger partial charge in [0.05, 0.1) is 6.42 Å². The number of carboxylic acids is 1. The van der Waals surface area contributed by atoms with Gasteiger partial charge in [-0.3, -0.25) is 14.4 Å². The fourth-order valence-electron chi connectivity index (χ4n) is 4.42. The lowest BCUT2D eigenvalue weighted by Crippen LogP contribution is -2.53. The summed E-state index contributed by atoms with van der Waals surface area (Å²) in [6, 6.07) is 10.9. The van der Waals surface area contributed by atoms with Crippen LogP contribution in [0.4, 0.5) is 16.2 Å². The van der Waals surface area contributed by atoms with Crippen LogP contribution >= 0.6 is 11.8 Å². The van der Waals surface area contributed by atoms with E-state index in [1.54, 1.807) is 30.3 Å². The van der Waals surface area contributed by atoms with Crippen LogP contribution in [-0.4, -0.2) is 71.7 Å². The highest BCUT2D eigenvalue weighted by molar-refractivity contribution is 7.98. The Hall–Kier alpha value is -4.26. The molecule has 12 nitrogen and oxygen atoms in total. The second-order valence-electron chi connectivity index (χ2n) is 11.2. The molecular weight excluding hydrogens is 600 g/mol. The lowest BCUT2D eigenvalue weighted by molar-refractivity contribution is -0.160. The number of carboxylic acid groups (broad SMARTS) is 1. The van der Waals surface area contributed by atoms with Gasteiger partial charge in [-0.15, -0.1) is 0 Å². The number of esters is 1. The normalized spacial score (nSPS) is 12.3. The van der Waals surface area contributed by atoms with Crippen LogP contribution < -0.4 is 26.0 Å². The van der Waals surface area contributed by atoms with Gasteiger partial charge in [0.1, 0.15) is 23.9 Å². The molecule has 0 radical (unpaired) electrons. The molecule has 2 rings (SSSR count). The monoisotopic (exact) mass is 644 g/mol. The van der Waals surface area contributed by atoms with E-state index in [1.165, 1.54) is 11.8 Å². The Morgan fingerprint density at radius 2 is 1.51 bits per heavy atom. The number of carbonyl (C=O) groups excluding carboxylic acids is 4. The molecule has 2 atom stereocenters. The van der Waals surface area contributed by atoms with Gasteiger partial charge >= 0.3 is 18.0 Å². The molecule has 0 aliphatic heterocycles. The van der Waals surface area contributed by atoms with E-state index in [9.17, 15) is 29.1 Å². The van der Waals surface area contributed by atoms with Crippen molar-refractivity contribution in [2.45, 2.75) is 65.6 Å². The topological polar surface area (TPSA) is 172 Å². The van der Waals surface area contributed by atoms with Gasteiger partial charge in [0.15, 0.2) is 6.61 Å². The summed E-state index contributed by atoms with van der Waals surface area (Å²) in [4.78, 5) is 62.6. The first-order valence-electron chi connectivity index (χ1n) is 14.7. The number of hydrogen-bond acceptors (Lipinski definition) is 8. The Morgan fingerprint density at radius 3 is 2.09 bits per heavy atom. The Bertz CT molecular complexity index is 1290. The van der Waals surface area contributed by atoms with Gasteiger partial charge in [-0.05, 0) is 73.1 Å². The Balaban J connectivity index is 1.97. The molecule has 2 unspecified atom stereocenters. The number of para-hydroxylation sites is 1. The highest BCUT2D eigenvalue weighted by Crippen LogP contribution is 2.19. The molecule has 0 aliphatic carbocycles. The summed E-state index contributed by atoms with van der Waals surface area (Å²) >= 11 is 1.46. The maximum atomic E-state index is 13.2. The van der Waals surface area contributed by atoms with E-state index in [4.69, 9.17) is 9.47 Å². The lowest BCUT2D eigenvalue weighted by atomic mass is 9.96. The highest BCUT2D eigenvalue weighted by Gasteiger charge is 2.32. The van der Waals surface area contributed by atoms with Crippen molar-refractivity contribution in [3.8, 4) is 5.75 Å². The third kappa shape index (κ3) is 13.1. The second kappa shape index (κ2) is 18.5. The van der Waals surface area contributed by atoms with E-state index in [1.807, 2.05) is 59.1 Å². The van der Waals surface area contributed by atoms with Crippen LogP contribution in [0.3, 0.4) is 0 Å². The molecule has 0 spiro atoms. The molecular formula is C32H44N4O8S. The Labute approximate surface area is 268 Å². The molecule has 2 aromatic rings. The molecule has 0 aromatic heterocycles. The van der Waals surface area contributed by atoms with Crippen LogP contribution in [0.25, 0.3) is 0 Å². The predicted octanol–water partition coefficient (Wildman–Crippen LogP) is 4.44. The fourth-order valence-corrected chi connectivity index (χ4v) is 4.89. The lowest BCUT2D eigenvalue weighted by Gasteiger charge is -2.28. The van der Waals surface area contributed by atoms with Crippen molar-refractivity contribution >= 4 is 52.9 Å². The number of benzene rings is 2. The Morgan fingerprint density at radius 1 is 0.867 bits per heavy atom. The van der Waals surface area contributed by atoms with Crippen molar-refractivity contribution in [3.63, 3.8) is 0 Å². The third-order valence-corrected chi connectivity index (χ3v) is 7.33. The number of aliphatic carboxylic acids is 1. The van der Waals surface area contributed by atoms with Gasteiger partial charge < -0.3 is 35.8 Å². The highest BCUT2D eigenvalue weighted by atomic mass is 32.2. The number of urea groups is 1. The van der Waals surface area contributed by atoms with Crippen molar-refractivity contribution in [2.75, 3.05) is 29.2 Å². The molecule has 5 N–H and O–H groups in total. The minimum absolute atomic E-state index is 0.0142. The van der Waals surface area contributed by atoms with Gasteiger partial charge in [-0.2, -0.15) is 11.8 Å². The molecule has 0 saturated carbocycles. The minimum atomic E-state index is -1.43. The van der Waals surface area contributed by atoms with Crippen LogP contribution in [0.5, 0.6) is 5.75 Å². The SMILES string of the molecule is CSCCC(NC(=O)COc1ccc(NC(=O)Nc2ccccc2C)cc1)C(=O)NC(CC(=O)O)C(=O)OC(C(C)C)C(C)C. The first-order valence-corrected chi connectivity index (χ1v) is 16.1. The van der Waals surface area contributed by atoms with Crippen molar-refractivity contribution in [2.24, 2.45) is 11.8 Å². The van der Waals surface area contributed by atoms with Crippen molar-refractivity contribution in [3.05, 3.63) is 54.1 Å². The van der Waals surface area contributed by atoms with Crippen LogP contribution in [0, 0.1) is 18.8 Å². The largest absolute Gasteiger partial charge is 0.484 e. The molecule has 0 bridgehead atoms. The summed E-state index contributed by atoms with van der Waals surface area (Å²) in [5.74, 6) is -2.58. The van der Waals surface area contributed by atoms with E-state index >= 15 is 0 Å². The van der Waals surface area contributed by atoms with Crippen LogP contribution in [0.1, 0.15) is 46.1 Å². The van der Waals surface area contributed by atoms with Gasteiger partial charge in [0, 0.05) is 11.4 Å². The van der Waals surface area contributed by atoms with Crippen molar-refractivity contribution in [1.82, 2.24) is 10.6 Å². The first-order chi connectivity index (χ1) is 21.3. The second-order valence-corrected chi connectivity index (χ2v) is 12.1. The number of thioether (sulfide) groups is 1. The fraction of sp³-hybridized carbons (Fsp3) is 0.469. The van der Waals surface area contributed by atoms with Crippen LogP contribution in [0.15, 0.2) is 48.5 Å². The number of carbonyl (C=O) groups is 5. The van der Waals surface area contributed by atoms with E-state index in [0.717, 1.165) is 5.56 Å². The van der Waals surface area contributed by atoms with Crippen LogP contribution in [-0.2, 0) is 23.9 Å². The molecule has 13 heteroatoms. The predicted molar refractivity (Wildman–Crippen MR) is 174 cm³/mol. The maximum absolute atomic E-state index is 13.2. The molecule has 4 amide bonds. The van der Waals surface area contributed by atoms with Crippen molar-refractivity contribution < 1.29 is 38.6 Å². The number of amides is 4. The third-order valence-electron chi connectivity index (χ3n) is 6.68. The molecule has 0 heterocycles. The molecule has 0 fully saturated rings. The summed E-state index contributed by atoms with van der Waals surface area (Å²) < 4.78 is 11.1. The number of nitrogens with one attached hydrogen (secondary N) is 4. The zero-order chi connectivity index (χ0) is 33.5. The van der Waals surface area contributed by atoms with Crippen molar-refractivity contribution in [1.29, 1.82) is 0 Å². The minimum Gasteiger partial charge on any atom is -0.484 e. The molecule has 45 heavy (non-hydrogen) atoms. The number of anilines is 2. The quantitative estimate of drug-likeness (QED) is 0.156. The van der Waals surface area contributed by atoms with E-state index in [0.29, 0.717) is 22.9 Å². The zero-order valence-corrected chi connectivity index (χ0v) is 27.4. The standard InChI is InChI=1S/C32H44N4O8S/c1-19(2)29(20(3)4)44-31(41)26(17-28(38)39)35-30(40)25(15-16-45-6)34-27(37)18-43-23-13-11-22(12-14-23)33-32(42)36-24-10-8-7-9-21(24)5/h7-14,19-20,25-26,29H,15-18H2,1-6H3,(H,34,37)(H,35,40)(H,38,39)(H2,33,36,42). The van der Waals surface area contributed by atoms with Gasteiger partial charge in [-0.25, -0.2) is 9.59 Å². The molecule has 2 aromatic carbocycles. The molecule has 0 saturated heterocycles. The number of rotatable bonds is 17. The zero-order valence-electron chi connectivity index (χ0n) is 26.5. The van der Waals surface area contributed by atoms with E-state index < -0.39 is 61.0 Å². The maximum Gasteiger partial charge on any atom is 0.329 e. The molecule has 246 valence electrons. The van der Waals surface area contributed by atoms with E-state index in [2.05, 4.69) is 21.3 Å². The molecule has 0 aliphatic rings.